The number of hydrogen-bond acceptors (Lipinski definition) is 6. The molecule has 104 valence electrons. The van der Waals surface area contributed by atoms with Gasteiger partial charge in [0.2, 0.25) is 5.17 Å². The Morgan fingerprint density at radius 1 is 1.53 bits per heavy atom. The van der Waals surface area contributed by atoms with Crippen LogP contribution in [0, 0.1) is 0 Å². The molecule has 7 nitrogen and oxygen atoms in total. The SMILES string of the molecule is CCCc1nn(C)c2c1NC(S(=O)(=O)Cl)=NC2C=O. The standard InChI is InChI=1S/C10H13ClN4O3S/c1-3-4-6-8-9(15(2)14-6)7(5-16)12-10(13-8)19(11,17)18/h5,7H,3-4H2,1-2H3,(H,12,13). The number of aliphatic imine (C=N–C) groups is 1. The van der Waals surface area contributed by atoms with Gasteiger partial charge in [0.25, 0.3) is 9.05 Å². The average molecular weight is 305 g/mol. The van der Waals surface area contributed by atoms with Gasteiger partial charge in [0.05, 0.1) is 17.1 Å². The molecule has 1 atom stereocenters. The zero-order valence-corrected chi connectivity index (χ0v) is 12.0. The lowest BCUT2D eigenvalue weighted by Crippen LogP contribution is -2.26. The third kappa shape index (κ3) is 2.50. The van der Waals surface area contributed by atoms with Gasteiger partial charge in [-0.1, -0.05) is 13.3 Å². The van der Waals surface area contributed by atoms with E-state index in [1.807, 2.05) is 6.92 Å². The van der Waals surface area contributed by atoms with Crippen molar-refractivity contribution in [3.8, 4) is 0 Å². The Morgan fingerprint density at radius 3 is 2.74 bits per heavy atom. The van der Waals surface area contributed by atoms with Crippen LogP contribution >= 0.6 is 10.7 Å². The summed E-state index contributed by atoms with van der Waals surface area (Å²) in [6.07, 6.45) is 2.08. The Morgan fingerprint density at radius 2 is 2.21 bits per heavy atom. The van der Waals surface area contributed by atoms with Crippen LogP contribution in [0.15, 0.2) is 4.99 Å². The van der Waals surface area contributed by atoms with Crippen LogP contribution in [0.4, 0.5) is 5.69 Å². The predicted molar refractivity (Wildman–Crippen MR) is 71.8 cm³/mol. The molecule has 0 spiro atoms. The quantitative estimate of drug-likeness (QED) is 0.663. The van der Waals surface area contributed by atoms with E-state index in [1.54, 1.807) is 7.05 Å². The van der Waals surface area contributed by atoms with Crippen LogP contribution < -0.4 is 5.32 Å². The minimum absolute atomic E-state index is 0.413. The highest BCUT2D eigenvalue weighted by Gasteiger charge is 2.32. The molecule has 0 fully saturated rings. The molecule has 1 unspecified atom stereocenters. The fourth-order valence-corrected chi connectivity index (χ4v) is 2.73. The van der Waals surface area contributed by atoms with Gasteiger partial charge in [-0.3, -0.25) is 4.68 Å². The van der Waals surface area contributed by atoms with E-state index >= 15 is 0 Å². The van der Waals surface area contributed by atoms with Crippen molar-refractivity contribution in [3.63, 3.8) is 0 Å². The van der Waals surface area contributed by atoms with Crippen molar-refractivity contribution in [2.24, 2.45) is 12.0 Å². The van der Waals surface area contributed by atoms with Gasteiger partial charge in [0.1, 0.15) is 0 Å². The maximum absolute atomic E-state index is 11.4. The number of nitrogens with zero attached hydrogens (tertiary/aromatic N) is 3. The van der Waals surface area contributed by atoms with E-state index in [0.29, 0.717) is 29.8 Å². The molecule has 1 aliphatic rings. The number of aldehydes is 1. The first-order chi connectivity index (χ1) is 8.88. The average Bonchev–Trinajstić information content (AvgIpc) is 2.65. The number of rotatable bonds is 3. The molecule has 19 heavy (non-hydrogen) atoms. The molecular formula is C10H13ClN4O3S. The molecule has 1 N–H and O–H groups in total. The molecular weight excluding hydrogens is 292 g/mol. The van der Waals surface area contributed by atoms with E-state index in [1.165, 1.54) is 4.68 Å². The fraction of sp³-hybridized carbons (Fsp3) is 0.500. The van der Waals surface area contributed by atoms with Gasteiger partial charge in [0.15, 0.2) is 12.3 Å². The first kappa shape index (κ1) is 14.0. The molecule has 1 aliphatic heterocycles. The molecule has 0 aromatic carbocycles. The first-order valence-corrected chi connectivity index (χ1v) is 8.00. The van der Waals surface area contributed by atoms with Gasteiger partial charge in [-0.05, 0) is 6.42 Å². The summed E-state index contributed by atoms with van der Waals surface area (Å²) >= 11 is 0. The van der Waals surface area contributed by atoms with Gasteiger partial charge >= 0.3 is 0 Å². The monoisotopic (exact) mass is 304 g/mol. The van der Waals surface area contributed by atoms with Gasteiger partial charge in [-0.2, -0.15) is 5.10 Å². The third-order valence-corrected chi connectivity index (χ3v) is 3.89. The lowest BCUT2D eigenvalue weighted by molar-refractivity contribution is -0.109. The molecule has 2 rings (SSSR count). The van der Waals surface area contributed by atoms with Crippen molar-refractivity contribution in [1.29, 1.82) is 0 Å². The number of carbonyl (C=O) groups is 1. The van der Waals surface area contributed by atoms with Gasteiger partial charge in [0, 0.05) is 17.7 Å². The van der Waals surface area contributed by atoms with E-state index in [0.717, 1.165) is 6.42 Å². The van der Waals surface area contributed by atoms with Crippen molar-refractivity contribution in [2.75, 3.05) is 5.32 Å². The number of aromatic nitrogens is 2. The predicted octanol–water partition coefficient (Wildman–Crippen LogP) is 0.963. The Balaban J connectivity index is 2.57. The zero-order valence-electron chi connectivity index (χ0n) is 10.4. The van der Waals surface area contributed by atoms with Gasteiger partial charge in [-0.25, -0.2) is 13.4 Å². The van der Waals surface area contributed by atoms with E-state index in [2.05, 4.69) is 15.4 Å². The second kappa shape index (κ2) is 4.93. The van der Waals surface area contributed by atoms with Crippen molar-refractivity contribution in [2.45, 2.75) is 25.8 Å². The number of nitrogens with one attached hydrogen (secondary N) is 1. The van der Waals surface area contributed by atoms with Crippen LogP contribution in [0.2, 0.25) is 0 Å². The summed E-state index contributed by atoms with van der Waals surface area (Å²) in [4.78, 5) is 14.9. The van der Waals surface area contributed by atoms with Crippen molar-refractivity contribution >= 4 is 36.9 Å². The molecule has 1 aromatic rings. The molecule has 2 heterocycles. The van der Waals surface area contributed by atoms with E-state index in [9.17, 15) is 13.2 Å². The number of amidine groups is 1. The second-order valence-electron chi connectivity index (χ2n) is 4.16. The lowest BCUT2D eigenvalue weighted by Gasteiger charge is -2.18. The molecule has 0 bridgehead atoms. The maximum Gasteiger partial charge on any atom is 0.294 e. The summed E-state index contributed by atoms with van der Waals surface area (Å²) in [5.41, 5.74) is 1.75. The Hall–Kier alpha value is -1.41. The topological polar surface area (TPSA) is 93.4 Å². The molecule has 0 saturated heterocycles. The Bertz CT molecular complexity index is 650. The summed E-state index contributed by atoms with van der Waals surface area (Å²) in [6.45, 7) is 1.98. The van der Waals surface area contributed by atoms with E-state index in [-0.39, 0.29) is 0 Å². The summed E-state index contributed by atoms with van der Waals surface area (Å²) in [6, 6.07) is -0.914. The van der Waals surface area contributed by atoms with Crippen LogP contribution in [0.5, 0.6) is 0 Å². The highest BCUT2D eigenvalue weighted by Crippen LogP contribution is 2.33. The lowest BCUT2D eigenvalue weighted by atomic mass is 10.1. The highest BCUT2D eigenvalue weighted by atomic mass is 35.7. The van der Waals surface area contributed by atoms with E-state index in [4.69, 9.17) is 10.7 Å². The molecule has 0 radical (unpaired) electrons. The summed E-state index contributed by atoms with van der Waals surface area (Å²) in [5.74, 6) is 0. The number of hydrogen-bond donors (Lipinski definition) is 1. The van der Waals surface area contributed by atoms with Gasteiger partial charge in [-0.15, -0.1) is 0 Å². The Kier molecular flexibility index (Phi) is 3.64. The molecule has 1 aromatic heterocycles. The number of fused-ring (bicyclic) bond motifs is 1. The summed E-state index contributed by atoms with van der Waals surface area (Å²) in [5, 5.41) is 6.53. The molecule has 0 saturated carbocycles. The largest absolute Gasteiger partial charge is 0.327 e. The highest BCUT2D eigenvalue weighted by molar-refractivity contribution is 8.25. The van der Waals surface area contributed by atoms with Crippen LogP contribution in [0.3, 0.4) is 0 Å². The Labute approximate surface area is 115 Å². The maximum atomic E-state index is 11.4. The van der Waals surface area contributed by atoms with Crippen molar-refractivity contribution in [3.05, 3.63) is 11.4 Å². The van der Waals surface area contributed by atoms with Crippen LogP contribution in [-0.2, 0) is 27.3 Å². The zero-order chi connectivity index (χ0) is 14.2. The summed E-state index contributed by atoms with van der Waals surface area (Å²) < 4.78 is 24.3. The van der Waals surface area contributed by atoms with Gasteiger partial charge < -0.3 is 10.1 Å². The number of halogens is 1. The molecule has 0 amide bonds. The molecule has 9 heteroatoms. The van der Waals surface area contributed by atoms with Crippen LogP contribution in [0.1, 0.15) is 30.8 Å². The second-order valence-corrected chi connectivity index (χ2v) is 6.64. The number of anilines is 1. The number of carbonyl (C=O) groups excluding carboxylic acids is 1. The first-order valence-electron chi connectivity index (χ1n) is 5.69. The third-order valence-electron chi connectivity index (χ3n) is 2.78. The minimum Gasteiger partial charge on any atom is -0.327 e. The number of aryl methyl sites for hydroxylation is 2. The van der Waals surface area contributed by atoms with E-state index < -0.39 is 20.3 Å². The smallest absolute Gasteiger partial charge is 0.294 e. The minimum atomic E-state index is -4.02. The normalized spacial score (nSPS) is 18.5. The van der Waals surface area contributed by atoms with Crippen molar-refractivity contribution < 1.29 is 13.2 Å². The van der Waals surface area contributed by atoms with Crippen molar-refractivity contribution in [1.82, 2.24) is 9.78 Å². The summed E-state index contributed by atoms with van der Waals surface area (Å²) in [7, 11) is 2.94. The fourth-order valence-electron chi connectivity index (χ4n) is 2.03. The molecule has 0 aliphatic carbocycles. The van der Waals surface area contributed by atoms with Crippen LogP contribution in [0.25, 0.3) is 0 Å². The van der Waals surface area contributed by atoms with Crippen LogP contribution in [-0.4, -0.2) is 29.7 Å².